The van der Waals surface area contributed by atoms with Crippen LogP contribution in [0.15, 0.2) is 27.6 Å². The molecule has 2 aromatic rings. The molecule has 2 heterocycles. The van der Waals surface area contributed by atoms with Gasteiger partial charge in [-0.05, 0) is 25.8 Å². The van der Waals surface area contributed by atoms with Gasteiger partial charge in [0.15, 0.2) is 12.2 Å². The highest BCUT2D eigenvalue weighted by molar-refractivity contribution is 5.58. The number of rotatable bonds is 4. The predicted molar refractivity (Wildman–Crippen MR) is 58.8 cm³/mol. The molecule has 4 nitrogen and oxygen atoms in total. The number of oxazole rings is 1. The molecule has 0 atom stereocenters. The van der Waals surface area contributed by atoms with Crippen LogP contribution in [0, 0.1) is 6.92 Å². The summed E-state index contributed by atoms with van der Waals surface area (Å²) < 4.78 is 10.7. The van der Waals surface area contributed by atoms with Crippen LogP contribution < -0.4 is 5.32 Å². The van der Waals surface area contributed by atoms with E-state index in [9.17, 15) is 0 Å². The van der Waals surface area contributed by atoms with Crippen LogP contribution in [0.5, 0.6) is 0 Å². The molecule has 1 N–H and O–H groups in total. The number of aryl methyl sites for hydroxylation is 1. The third kappa shape index (κ3) is 1.88. The molecule has 0 saturated heterocycles. The van der Waals surface area contributed by atoms with Crippen LogP contribution in [-0.2, 0) is 6.54 Å². The molecule has 0 unspecified atom stereocenters. The number of nitrogens with zero attached hydrogens (tertiary/aromatic N) is 1. The van der Waals surface area contributed by atoms with Crippen LogP contribution in [-0.4, -0.2) is 11.0 Å². The zero-order chi connectivity index (χ0) is 11.0. The molecule has 1 aliphatic carbocycles. The number of nitrogens with one attached hydrogen (secondary N) is 1. The number of aromatic nitrogens is 1. The minimum atomic E-state index is 0.677. The van der Waals surface area contributed by atoms with E-state index in [1.54, 1.807) is 6.26 Å². The van der Waals surface area contributed by atoms with Crippen molar-refractivity contribution in [2.24, 2.45) is 0 Å². The Morgan fingerprint density at radius 2 is 2.31 bits per heavy atom. The molecule has 4 heteroatoms. The first-order chi connectivity index (χ1) is 7.83. The second-order valence-electron chi connectivity index (χ2n) is 4.23. The van der Waals surface area contributed by atoms with E-state index in [4.69, 9.17) is 8.83 Å². The number of hydrogen-bond acceptors (Lipinski definition) is 4. The summed E-state index contributed by atoms with van der Waals surface area (Å²) in [5.41, 5.74) is 1.91. The average Bonchev–Trinajstić information content (AvgIpc) is 2.82. The molecular formula is C12H14N2O2. The van der Waals surface area contributed by atoms with Gasteiger partial charge in [0, 0.05) is 12.6 Å². The van der Waals surface area contributed by atoms with Crippen LogP contribution >= 0.6 is 0 Å². The lowest BCUT2D eigenvalue weighted by Crippen LogP contribution is -2.15. The van der Waals surface area contributed by atoms with E-state index < -0.39 is 0 Å². The molecule has 1 fully saturated rings. The Morgan fingerprint density at radius 1 is 1.44 bits per heavy atom. The topological polar surface area (TPSA) is 51.2 Å². The van der Waals surface area contributed by atoms with Crippen molar-refractivity contribution in [1.29, 1.82) is 0 Å². The van der Waals surface area contributed by atoms with E-state index in [2.05, 4.69) is 10.3 Å². The van der Waals surface area contributed by atoms with E-state index in [1.165, 1.54) is 19.2 Å². The Labute approximate surface area is 93.7 Å². The van der Waals surface area contributed by atoms with Gasteiger partial charge in [-0.2, -0.15) is 0 Å². The van der Waals surface area contributed by atoms with E-state index >= 15 is 0 Å². The second-order valence-corrected chi connectivity index (χ2v) is 4.23. The lowest BCUT2D eigenvalue weighted by atomic mass is 10.2. The van der Waals surface area contributed by atoms with Gasteiger partial charge in [0.05, 0.1) is 5.56 Å². The molecule has 84 valence electrons. The SMILES string of the molecule is Cc1cc(-c2ocnc2CNC2CC2)co1. The number of hydrogen-bond donors (Lipinski definition) is 1. The van der Waals surface area contributed by atoms with Gasteiger partial charge >= 0.3 is 0 Å². The Hall–Kier alpha value is -1.55. The Bertz CT molecular complexity index is 483. The van der Waals surface area contributed by atoms with Crippen molar-refractivity contribution in [3.05, 3.63) is 30.2 Å². The summed E-state index contributed by atoms with van der Waals surface area (Å²) in [7, 11) is 0. The number of furan rings is 1. The van der Waals surface area contributed by atoms with Crippen molar-refractivity contribution < 1.29 is 8.83 Å². The van der Waals surface area contributed by atoms with Gasteiger partial charge in [-0.25, -0.2) is 4.98 Å². The average molecular weight is 218 g/mol. The molecule has 0 aromatic carbocycles. The molecular weight excluding hydrogens is 204 g/mol. The van der Waals surface area contributed by atoms with Crippen LogP contribution in [0.3, 0.4) is 0 Å². The van der Waals surface area contributed by atoms with Crippen molar-refractivity contribution >= 4 is 0 Å². The summed E-state index contributed by atoms with van der Waals surface area (Å²) in [6.45, 7) is 2.68. The minimum absolute atomic E-state index is 0.677. The third-order valence-corrected chi connectivity index (χ3v) is 2.77. The lowest BCUT2D eigenvalue weighted by molar-refractivity contribution is 0.531. The normalized spacial score (nSPS) is 15.6. The van der Waals surface area contributed by atoms with Crippen molar-refractivity contribution in [3.8, 4) is 11.3 Å². The first-order valence-corrected chi connectivity index (χ1v) is 5.54. The fourth-order valence-electron chi connectivity index (χ4n) is 1.72. The molecule has 0 amide bonds. The zero-order valence-electron chi connectivity index (χ0n) is 9.19. The minimum Gasteiger partial charge on any atom is -0.469 e. The van der Waals surface area contributed by atoms with Crippen molar-refractivity contribution in [3.63, 3.8) is 0 Å². The fourth-order valence-corrected chi connectivity index (χ4v) is 1.72. The zero-order valence-corrected chi connectivity index (χ0v) is 9.19. The summed E-state index contributed by atoms with van der Waals surface area (Å²) >= 11 is 0. The van der Waals surface area contributed by atoms with Gasteiger partial charge < -0.3 is 14.2 Å². The predicted octanol–water partition coefficient (Wildman–Crippen LogP) is 2.50. The smallest absolute Gasteiger partial charge is 0.181 e. The lowest BCUT2D eigenvalue weighted by Gasteiger charge is -2.00. The van der Waals surface area contributed by atoms with E-state index in [1.807, 2.05) is 13.0 Å². The molecule has 1 aliphatic rings. The molecule has 0 bridgehead atoms. The fraction of sp³-hybridized carbons (Fsp3) is 0.417. The highest BCUT2D eigenvalue weighted by Crippen LogP contribution is 2.26. The van der Waals surface area contributed by atoms with Crippen molar-refractivity contribution in [2.45, 2.75) is 32.4 Å². The summed E-state index contributed by atoms with van der Waals surface area (Å²) in [5.74, 6) is 1.69. The maximum absolute atomic E-state index is 5.41. The van der Waals surface area contributed by atoms with Crippen LogP contribution in [0.2, 0.25) is 0 Å². The molecule has 3 rings (SSSR count). The van der Waals surface area contributed by atoms with Crippen LogP contribution in [0.1, 0.15) is 24.3 Å². The van der Waals surface area contributed by atoms with Crippen molar-refractivity contribution in [1.82, 2.24) is 10.3 Å². The maximum Gasteiger partial charge on any atom is 0.181 e. The van der Waals surface area contributed by atoms with Crippen molar-refractivity contribution in [2.75, 3.05) is 0 Å². The van der Waals surface area contributed by atoms with Gasteiger partial charge in [-0.3, -0.25) is 0 Å². The Balaban J connectivity index is 1.80. The molecule has 1 saturated carbocycles. The molecule has 2 aromatic heterocycles. The molecule has 0 radical (unpaired) electrons. The van der Waals surface area contributed by atoms with Gasteiger partial charge in [0.1, 0.15) is 17.7 Å². The monoisotopic (exact) mass is 218 g/mol. The van der Waals surface area contributed by atoms with E-state index in [-0.39, 0.29) is 0 Å². The van der Waals surface area contributed by atoms with Crippen LogP contribution in [0.25, 0.3) is 11.3 Å². The first kappa shape index (κ1) is 9.66. The maximum atomic E-state index is 5.41. The first-order valence-electron chi connectivity index (χ1n) is 5.54. The van der Waals surface area contributed by atoms with Gasteiger partial charge in [0.25, 0.3) is 0 Å². The molecule has 0 aliphatic heterocycles. The summed E-state index contributed by atoms with van der Waals surface area (Å²) in [4.78, 5) is 4.23. The second kappa shape index (κ2) is 3.79. The summed E-state index contributed by atoms with van der Waals surface area (Å²) in [6.07, 6.45) is 5.74. The summed E-state index contributed by atoms with van der Waals surface area (Å²) in [6, 6.07) is 2.64. The Kier molecular flexibility index (Phi) is 2.29. The standard InChI is InChI=1S/C12H14N2O2/c1-8-4-9(6-15-8)12-11(14-7-16-12)5-13-10-2-3-10/h4,6-7,10,13H,2-3,5H2,1H3. The van der Waals surface area contributed by atoms with Gasteiger partial charge in [-0.1, -0.05) is 0 Å². The Morgan fingerprint density at radius 3 is 3.00 bits per heavy atom. The molecule has 0 spiro atoms. The quantitative estimate of drug-likeness (QED) is 0.856. The third-order valence-electron chi connectivity index (χ3n) is 2.77. The van der Waals surface area contributed by atoms with E-state index in [0.29, 0.717) is 6.04 Å². The largest absolute Gasteiger partial charge is 0.469 e. The van der Waals surface area contributed by atoms with Crippen LogP contribution in [0.4, 0.5) is 0 Å². The molecule has 16 heavy (non-hydrogen) atoms. The van der Waals surface area contributed by atoms with Gasteiger partial charge in [0.2, 0.25) is 0 Å². The van der Waals surface area contributed by atoms with E-state index in [0.717, 1.165) is 29.3 Å². The highest BCUT2D eigenvalue weighted by Gasteiger charge is 2.21. The summed E-state index contributed by atoms with van der Waals surface area (Å²) in [5, 5.41) is 3.42. The highest BCUT2D eigenvalue weighted by atomic mass is 16.3. The van der Waals surface area contributed by atoms with Gasteiger partial charge in [-0.15, -0.1) is 0 Å².